The average Bonchev–Trinajstić information content (AvgIpc) is 2.62. The summed E-state index contributed by atoms with van der Waals surface area (Å²) in [6.07, 6.45) is 5.58. The van der Waals surface area contributed by atoms with Gasteiger partial charge in [0.1, 0.15) is 0 Å². The molecule has 1 saturated carbocycles. The first-order valence-corrected chi connectivity index (χ1v) is 6.73. The van der Waals surface area contributed by atoms with E-state index in [9.17, 15) is 4.79 Å². The second-order valence-electron chi connectivity index (χ2n) is 5.14. The second kappa shape index (κ2) is 4.34. The summed E-state index contributed by atoms with van der Waals surface area (Å²) in [6.45, 7) is 0. The summed E-state index contributed by atoms with van der Waals surface area (Å²) < 4.78 is 0. The molecule has 0 bridgehead atoms. The molecule has 3 rings (SSSR count). The zero-order valence-corrected chi connectivity index (χ0v) is 10.5. The van der Waals surface area contributed by atoms with Crippen LogP contribution in [-0.2, 0) is 11.2 Å². The predicted molar refractivity (Wildman–Crippen MR) is 69.3 cm³/mol. The molecule has 17 heavy (non-hydrogen) atoms. The molecule has 1 fully saturated rings. The minimum absolute atomic E-state index is 0.0854. The van der Waals surface area contributed by atoms with Gasteiger partial charge < -0.3 is 5.32 Å². The Hall–Kier alpha value is -1.02. The molecule has 2 aliphatic rings. The highest BCUT2D eigenvalue weighted by Crippen LogP contribution is 2.38. The first-order chi connectivity index (χ1) is 8.22. The third-order valence-electron chi connectivity index (χ3n) is 3.88. The van der Waals surface area contributed by atoms with Crippen molar-refractivity contribution in [1.82, 2.24) is 0 Å². The molecule has 0 aromatic heterocycles. The summed E-state index contributed by atoms with van der Waals surface area (Å²) in [5.74, 6) is 0.896. The second-order valence-corrected chi connectivity index (χ2v) is 5.67. The molecule has 1 unspecified atom stereocenters. The van der Waals surface area contributed by atoms with E-state index >= 15 is 0 Å². The highest BCUT2D eigenvalue weighted by molar-refractivity contribution is 6.20. The van der Waals surface area contributed by atoms with Crippen LogP contribution in [0.1, 0.15) is 42.2 Å². The number of alkyl halides is 1. The Labute approximate surface area is 106 Å². The lowest BCUT2D eigenvalue weighted by Gasteiger charge is -2.27. The molecular weight excluding hydrogens is 234 g/mol. The van der Waals surface area contributed by atoms with E-state index in [1.807, 2.05) is 12.1 Å². The van der Waals surface area contributed by atoms with Crippen molar-refractivity contribution in [2.45, 2.75) is 37.5 Å². The quantitative estimate of drug-likeness (QED) is 0.814. The first kappa shape index (κ1) is 11.1. The fraction of sp³-hybridized carbons (Fsp3) is 0.500. The van der Waals surface area contributed by atoms with E-state index in [0.29, 0.717) is 6.42 Å². The van der Waals surface area contributed by atoms with Crippen molar-refractivity contribution in [2.24, 2.45) is 5.92 Å². The van der Waals surface area contributed by atoms with E-state index in [2.05, 4.69) is 11.4 Å². The highest BCUT2D eigenvalue weighted by Gasteiger charge is 2.23. The van der Waals surface area contributed by atoms with Gasteiger partial charge in [-0.25, -0.2) is 0 Å². The molecule has 1 amide bonds. The number of rotatable bonds is 3. The topological polar surface area (TPSA) is 29.1 Å². The van der Waals surface area contributed by atoms with Crippen LogP contribution in [0.25, 0.3) is 0 Å². The molecular formula is C14H16ClNO. The number of halogens is 1. The zero-order chi connectivity index (χ0) is 11.8. The maximum Gasteiger partial charge on any atom is 0.228 e. The van der Waals surface area contributed by atoms with Crippen molar-refractivity contribution in [3.8, 4) is 0 Å². The number of carbonyl (C=O) groups is 1. The Bertz CT molecular complexity index is 454. The minimum Gasteiger partial charge on any atom is -0.326 e. The first-order valence-electron chi connectivity index (χ1n) is 6.29. The molecule has 1 aromatic rings. The number of nitrogens with one attached hydrogen (secondary N) is 1. The molecule has 0 spiro atoms. The highest BCUT2D eigenvalue weighted by atomic mass is 35.5. The molecule has 2 nitrogen and oxygen atoms in total. The van der Waals surface area contributed by atoms with Gasteiger partial charge in [-0.05, 0) is 29.5 Å². The maximum absolute atomic E-state index is 11.3. The number of carbonyl (C=O) groups excluding carboxylic acids is 1. The average molecular weight is 250 g/mol. The molecule has 1 aromatic carbocycles. The Morgan fingerprint density at radius 1 is 1.41 bits per heavy atom. The smallest absolute Gasteiger partial charge is 0.228 e. The third-order valence-corrected chi connectivity index (χ3v) is 4.31. The molecule has 1 aliphatic heterocycles. The maximum atomic E-state index is 11.3. The van der Waals surface area contributed by atoms with E-state index in [4.69, 9.17) is 11.6 Å². The van der Waals surface area contributed by atoms with Crippen molar-refractivity contribution in [3.05, 3.63) is 29.3 Å². The molecule has 1 N–H and O–H groups in total. The normalized spacial score (nSPS) is 20.6. The number of hydrogen-bond donors (Lipinski definition) is 1. The van der Waals surface area contributed by atoms with E-state index < -0.39 is 0 Å². The fourth-order valence-corrected chi connectivity index (χ4v) is 2.99. The zero-order valence-electron chi connectivity index (χ0n) is 9.71. The van der Waals surface area contributed by atoms with Crippen LogP contribution in [0.2, 0.25) is 0 Å². The van der Waals surface area contributed by atoms with Crippen molar-refractivity contribution < 1.29 is 4.79 Å². The van der Waals surface area contributed by atoms with Crippen LogP contribution in [-0.4, -0.2) is 5.91 Å². The Balaban J connectivity index is 1.74. The van der Waals surface area contributed by atoms with Crippen molar-refractivity contribution in [3.63, 3.8) is 0 Å². The van der Waals surface area contributed by atoms with Crippen LogP contribution in [0.3, 0.4) is 0 Å². The Kier molecular flexibility index (Phi) is 2.83. The Morgan fingerprint density at radius 2 is 2.24 bits per heavy atom. The predicted octanol–water partition coefficient (Wildman–Crippen LogP) is 3.65. The van der Waals surface area contributed by atoms with Crippen LogP contribution in [0.4, 0.5) is 5.69 Å². The molecule has 90 valence electrons. The SMILES string of the molecule is O=C1Cc2cc(C(Cl)CC3CCC3)ccc2N1. The van der Waals surface area contributed by atoms with Gasteiger partial charge in [-0.2, -0.15) is 0 Å². The lowest BCUT2D eigenvalue weighted by atomic mass is 9.81. The third kappa shape index (κ3) is 2.19. The van der Waals surface area contributed by atoms with E-state index in [1.54, 1.807) is 0 Å². The van der Waals surface area contributed by atoms with Gasteiger partial charge in [0.25, 0.3) is 0 Å². The monoisotopic (exact) mass is 249 g/mol. The molecule has 1 atom stereocenters. The lowest BCUT2D eigenvalue weighted by molar-refractivity contribution is -0.115. The molecule has 1 heterocycles. The molecule has 0 saturated heterocycles. The van der Waals surface area contributed by atoms with Crippen molar-refractivity contribution in [1.29, 1.82) is 0 Å². The van der Waals surface area contributed by atoms with E-state index in [-0.39, 0.29) is 11.3 Å². The number of hydrogen-bond acceptors (Lipinski definition) is 1. The van der Waals surface area contributed by atoms with Gasteiger partial charge in [-0.3, -0.25) is 4.79 Å². The van der Waals surface area contributed by atoms with Crippen LogP contribution in [0.15, 0.2) is 18.2 Å². The van der Waals surface area contributed by atoms with Crippen LogP contribution in [0, 0.1) is 5.92 Å². The van der Waals surface area contributed by atoms with Gasteiger partial charge in [0.15, 0.2) is 0 Å². The van der Waals surface area contributed by atoms with Gasteiger partial charge in [-0.15, -0.1) is 11.6 Å². The summed E-state index contributed by atoms with van der Waals surface area (Å²) in [7, 11) is 0. The van der Waals surface area contributed by atoms with Crippen LogP contribution in [0.5, 0.6) is 0 Å². The summed E-state index contributed by atoms with van der Waals surface area (Å²) in [4.78, 5) is 11.3. The number of anilines is 1. The standard InChI is InChI=1S/C14H16ClNO/c15-12(6-9-2-1-3-9)10-4-5-13-11(7-10)8-14(17)16-13/h4-5,7,9,12H,1-3,6,8H2,(H,16,17). The molecule has 1 aliphatic carbocycles. The van der Waals surface area contributed by atoms with Gasteiger partial charge in [0.05, 0.1) is 11.8 Å². The molecule has 3 heteroatoms. The van der Waals surface area contributed by atoms with Gasteiger partial charge >= 0.3 is 0 Å². The molecule has 0 radical (unpaired) electrons. The van der Waals surface area contributed by atoms with Gasteiger partial charge in [0, 0.05) is 5.69 Å². The summed E-state index contributed by atoms with van der Waals surface area (Å²) in [6, 6.07) is 6.11. The number of amides is 1. The largest absolute Gasteiger partial charge is 0.326 e. The van der Waals surface area contributed by atoms with Gasteiger partial charge in [-0.1, -0.05) is 31.4 Å². The minimum atomic E-state index is 0.0854. The lowest BCUT2D eigenvalue weighted by Crippen LogP contribution is -2.12. The van der Waals surface area contributed by atoms with E-state index in [0.717, 1.165) is 29.2 Å². The van der Waals surface area contributed by atoms with Crippen LogP contribution >= 0.6 is 11.6 Å². The van der Waals surface area contributed by atoms with Crippen molar-refractivity contribution >= 4 is 23.2 Å². The summed E-state index contributed by atoms with van der Waals surface area (Å²) in [5, 5.41) is 2.94. The van der Waals surface area contributed by atoms with Crippen molar-refractivity contribution in [2.75, 3.05) is 5.32 Å². The number of benzene rings is 1. The summed E-state index contributed by atoms with van der Waals surface area (Å²) in [5.41, 5.74) is 3.20. The van der Waals surface area contributed by atoms with Gasteiger partial charge in [0.2, 0.25) is 5.91 Å². The van der Waals surface area contributed by atoms with Crippen LogP contribution < -0.4 is 5.32 Å². The Morgan fingerprint density at radius 3 is 2.94 bits per heavy atom. The number of fused-ring (bicyclic) bond motifs is 1. The fourth-order valence-electron chi connectivity index (χ4n) is 2.60. The summed E-state index contributed by atoms with van der Waals surface area (Å²) >= 11 is 6.45. The van der Waals surface area contributed by atoms with E-state index in [1.165, 1.54) is 19.3 Å².